The van der Waals surface area contributed by atoms with Gasteiger partial charge in [0.2, 0.25) is 11.9 Å². The lowest BCUT2D eigenvalue weighted by Crippen LogP contribution is -2.15. The third-order valence-electron chi connectivity index (χ3n) is 4.73. The molecule has 13 heteroatoms. The van der Waals surface area contributed by atoms with E-state index in [4.69, 9.17) is 37.4 Å². The van der Waals surface area contributed by atoms with Gasteiger partial charge in [-0.05, 0) is 18.2 Å². The van der Waals surface area contributed by atoms with Crippen LogP contribution < -0.4 is 24.8 Å². The number of hydrogen-bond donors (Lipinski definition) is 2. The normalized spacial score (nSPS) is 11.0. The number of hydrogen-bond acceptors (Lipinski definition) is 7. The summed E-state index contributed by atoms with van der Waals surface area (Å²) in [4.78, 5) is 19.7. The highest BCUT2D eigenvalue weighted by Gasteiger charge is 2.35. The van der Waals surface area contributed by atoms with Gasteiger partial charge in [0.05, 0.1) is 53.6 Å². The number of benzene rings is 2. The third-order valence-corrected chi connectivity index (χ3v) is 5.55. The van der Waals surface area contributed by atoms with Crippen LogP contribution in [0.2, 0.25) is 10.0 Å². The largest absolute Gasteiger partial charge is 0.495 e. The number of anilines is 3. The highest BCUT2D eigenvalue weighted by molar-refractivity contribution is 6.37. The molecule has 0 aliphatic carbocycles. The minimum Gasteiger partial charge on any atom is -0.495 e. The van der Waals surface area contributed by atoms with Crippen LogP contribution in [0.4, 0.5) is 30.5 Å². The highest BCUT2D eigenvalue weighted by atomic mass is 35.5. The molecule has 0 radical (unpaired) electrons. The standard InChI is InChI=1S/C23H19Cl2F3N4O4/c1-4-18(33)31-15-7-5-6-14(23(26,27)28)21(15)32-22-29-9-12(10-30-22)36-11-13-19(24)16(34-2)8-17(35-3)20(13)25/h4-10H,1,11H2,2-3H3,(H,31,33)(H,29,30,32). The van der Waals surface area contributed by atoms with E-state index in [1.165, 1.54) is 38.7 Å². The van der Waals surface area contributed by atoms with Crippen LogP contribution in [-0.4, -0.2) is 30.1 Å². The van der Waals surface area contributed by atoms with Gasteiger partial charge in [0, 0.05) is 11.6 Å². The predicted molar refractivity (Wildman–Crippen MR) is 129 cm³/mol. The Kier molecular flexibility index (Phi) is 8.49. The van der Waals surface area contributed by atoms with Crippen molar-refractivity contribution in [1.82, 2.24) is 9.97 Å². The lowest BCUT2D eigenvalue weighted by Gasteiger charge is -2.18. The average Bonchev–Trinajstić information content (AvgIpc) is 2.85. The molecule has 8 nitrogen and oxygen atoms in total. The molecule has 0 aliphatic rings. The summed E-state index contributed by atoms with van der Waals surface area (Å²) in [6, 6.07) is 4.85. The molecule has 0 saturated heterocycles. The van der Waals surface area contributed by atoms with Crippen molar-refractivity contribution < 1.29 is 32.2 Å². The molecular formula is C23H19Cl2F3N4O4. The van der Waals surface area contributed by atoms with E-state index in [1.54, 1.807) is 0 Å². The highest BCUT2D eigenvalue weighted by Crippen LogP contribution is 2.41. The zero-order valence-electron chi connectivity index (χ0n) is 18.9. The molecule has 1 heterocycles. The first-order valence-corrected chi connectivity index (χ1v) is 10.8. The Morgan fingerprint density at radius 3 is 2.25 bits per heavy atom. The monoisotopic (exact) mass is 542 g/mol. The van der Waals surface area contributed by atoms with Gasteiger partial charge >= 0.3 is 6.18 Å². The molecule has 1 amide bonds. The summed E-state index contributed by atoms with van der Waals surface area (Å²) in [6.07, 6.45) is -1.29. The first-order valence-electron chi connectivity index (χ1n) is 10.0. The third kappa shape index (κ3) is 6.10. The minimum absolute atomic E-state index is 0.101. The number of amides is 1. The van der Waals surface area contributed by atoms with Crippen LogP contribution in [0.3, 0.4) is 0 Å². The smallest absolute Gasteiger partial charge is 0.418 e. The Balaban J connectivity index is 1.83. The molecule has 0 spiro atoms. The number of methoxy groups -OCH3 is 2. The molecule has 1 aromatic heterocycles. The van der Waals surface area contributed by atoms with Gasteiger partial charge in [-0.3, -0.25) is 4.79 Å². The fourth-order valence-corrected chi connectivity index (χ4v) is 3.61. The van der Waals surface area contributed by atoms with Crippen molar-refractivity contribution in [3.63, 3.8) is 0 Å². The summed E-state index contributed by atoms with van der Waals surface area (Å²) in [5.41, 5.74) is -1.20. The fourth-order valence-electron chi connectivity index (χ4n) is 3.00. The van der Waals surface area contributed by atoms with E-state index in [1.807, 2.05) is 0 Å². The van der Waals surface area contributed by atoms with Crippen molar-refractivity contribution in [2.45, 2.75) is 12.8 Å². The number of para-hydroxylation sites is 1. The van der Waals surface area contributed by atoms with Crippen LogP contribution in [0, 0.1) is 0 Å². The van der Waals surface area contributed by atoms with E-state index in [0.29, 0.717) is 17.1 Å². The van der Waals surface area contributed by atoms with Gasteiger partial charge in [-0.1, -0.05) is 35.8 Å². The number of halogens is 5. The second-order valence-corrected chi connectivity index (χ2v) is 7.72. The molecule has 3 aromatic rings. The molecule has 190 valence electrons. The maximum Gasteiger partial charge on any atom is 0.418 e. The van der Waals surface area contributed by atoms with Crippen molar-refractivity contribution >= 4 is 46.4 Å². The van der Waals surface area contributed by atoms with Crippen molar-refractivity contribution in [2.24, 2.45) is 0 Å². The summed E-state index contributed by atoms with van der Waals surface area (Å²) >= 11 is 12.6. The summed E-state index contributed by atoms with van der Waals surface area (Å²) in [5, 5.41) is 5.28. The van der Waals surface area contributed by atoms with Gasteiger partial charge in [0.25, 0.3) is 0 Å². The van der Waals surface area contributed by atoms with E-state index in [2.05, 4.69) is 27.2 Å². The van der Waals surface area contributed by atoms with E-state index < -0.39 is 23.3 Å². The number of nitrogens with zero attached hydrogens (tertiary/aromatic N) is 2. The molecule has 0 bridgehead atoms. The van der Waals surface area contributed by atoms with Crippen molar-refractivity contribution in [1.29, 1.82) is 0 Å². The number of aromatic nitrogens is 2. The molecule has 2 aromatic carbocycles. The number of alkyl halides is 3. The zero-order chi connectivity index (χ0) is 26.5. The van der Waals surface area contributed by atoms with Gasteiger partial charge in [0.15, 0.2) is 5.75 Å². The SMILES string of the molecule is C=CC(=O)Nc1cccc(C(F)(F)F)c1Nc1ncc(OCc2c(Cl)c(OC)cc(OC)c2Cl)cn1. The van der Waals surface area contributed by atoms with Crippen LogP contribution in [0.1, 0.15) is 11.1 Å². The Morgan fingerprint density at radius 1 is 1.11 bits per heavy atom. The van der Waals surface area contributed by atoms with E-state index in [-0.39, 0.29) is 34.0 Å². The van der Waals surface area contributed by atoms with Crippen molar-refractivity contribution in [2.75, 3.05) is 24.9 Å². The summed E-state index contributed by atoms with van der Waals surface area (Å²) in [6.45, 7) is 3.20. The van der Waals surface area contributed by atoms with Crippen molar-refractivity contribution in [3.05, 3.63) is 70.5 Å². The lowest BCUT2D eigenvalue weighted by molar-refractivity contribution is -0.137. The molecular weight excluding hydrogens is 524 g/mol. The number of ether oxygens (including phenoxy) is 3. The van der Waals surface area contributed by atoms with Crippen LogP contribution in [0.15, 0.2) is 49.3 Å². The summed E-state index contributed by atoms with van der Waals surface area (Å²) < 4.78 is 56.8. The van der Waals surface area contributed by atoms with Crippen LogP contribution in [0.5, 0.6) is 17.2 Å². The van der Waals surface area contributed by atoms with Crippen molar-refractivity contribution in [3.8, 4) is 17.2 Å². The molecule has 0 fully saturated rings. The Labute approximate surface area is 214 Å². The molecule has 2 N–H and O–H groups in total. The van der Waals surface area contributed by atoms with Crippen LogP contribution in [0.25, 0.3) is 0 Å². The van der Waals surface area contributed by atoms with Crippen LogP contribution >= 0.6 is 23.2 Å². The maximum atomic E-state index is 13.6. The summed E-state index contributed by atoms with van der Waals surface area (Å²) in [7, 11) is 2.87. The molecule has 0 unspecified atom stereocenters. The lowest BCUT2D eigenvalue weighted by atomic mass is 10.1. The van der Waals surface area contributed by atoms with E-state index >= 15 is 0 Å². The Bertz CT molecular complexity index is 1240. The molecule has 0 aliphatic heterocycles. The van der Waals surface area contributed by atoms with Crippen LogP contribution in [-0.2, 0) is 17.6 Å². The topological polar surface area (TPSA) is 94.6 Å². The summed E-state index contributed by atoms with van der Waals surface area (Å²) in [5.74, 6) is -0.0236. The first-order chi connectivity index (χ1) is 17.1. The number of rotatable bonds is 9. The number of carbonyl (C=O) groups excluding carboxylic acids is 1. The molecule has 0 saturated carbocycles. The number of carbonyl (C=O) groups is 1. The first kappa shape index (κ1) is 26.9. The predicted octanol–water partition coefficient (Wildman–Crippen LogP) is 6.27. The number of nitrogens with one attached hydrogen (secondary N) is 2. The second-order valence-electron chi connectivity index (χ2n) is 6.96. The maximum absolute atomic E-state index is 13.6. The zero-order valence-corrected chi connectivity index (χ0v) is 20.4. The van der Waals surface area contributed by atoms with Gasteiger partial charge in [-0.2, -0.15) is 13.2 Å². The average molecular weight is 543 g/mol. The second kappa shape index (κ2) is 11.4. The van der Waals surface area contributed by atoms with Gasteiger partial charge in [0.1, 0.15) is 18.1 Å². The van der Waals surface area contributed by atoms with E-state index in [0.717, 1.165) is 18.2 Å². The van der Waals surface area contributed by atoms with Gasteiger partial charge < -0.3 is 24.8 Å². The molecule has 0 atom stereocenters. The molecule has 36 heavy (non-hydrogen) atoms. The minimum atomic E-state index is -4.71. The fraction of sp³-hybridized carbons (Fsp3) is 0.174. The van der Waals surface area contributed by atoms with Gasteiger partial charge in [-0.15, -0.1) is 0 Å². The Morgan fingerprint density at radius 2 is 1.72 bits per heavy atom. The molecule has 3 rings (SSSR count). The Hall–Kier alpha value is -3.70. The van der Waals surface area contributed by atoms with E-state index in [9.17, 15) is 18.0 Å². The van der Waals surface area contributed by atoms with Gasteiger partial charge in [-0.25, -0.2) is 9.97 Å². The quantitative estimate of drug-likeness (QED) is 0.308.